The molecule has 0 bridgehead atoms. The van der Waals surface area contributed by atoms with Crippen LogP contribution in [0.1, 0.15) is 135 Å². The van der Waals surface area contributed by atoms with Gasteiger partial charge in [-0.1, -0.05) is 137 Å². The fraction of sp³-hybridized carbons (Fsp3) is 0.559. The molecule has 7 rings (SSSR count). The number of aryl methyl sites for hydroxylation is 2. The van der Waals surface area contributed by atoms with Gasteiger partial charge < -0.3 is 54.6 Å². The number of hydrogen-bond donors (Lipinski definition) is 7. The molecule has 0 radical (unpaired) electrons. The molecule has 6 atom stereocenters. The Labute approximate surface area is 532 Å². The number of aromatic nitrogens is 2. The van der Waals surface area contributed by atoms with Crippen LogP contribution in [0.2, 0.25) is 0 Å². The van der Waals surface area contributed by atoms with Gasteiger partial charge in [0.15, 0.2) is 5.71 Å². The van der Waals surface area contributed by atoms with E-state index in [1.807, 2.05) is 20.8 Å². The Kier molecular flexibility index (Phi) is 24.4. The number of phosphoric acid groups is 3. The van der Waals surface area contributed by atoms with Crippen LogP contribution in [-0.4, -0.2) is 125 Å². The maximum absolute atomic E-state index is 13.4. The average Bonchev–Trinajstić information content (AvgIpc) is 1.72. The van der Waals surface area contributed by atoms with Gasteiger partial charge in [-0.25, -0.2) is 13.7 Å². The predicted octanol–water partition coefficient (Wildman–Crippen LogP) is 11.6. The lowest BCUT2D eigenvalue weighted by atomic mass is 9.81. The molecule has 0 saturated carbocycles. The fourth-order valence-electron chi connectivity index (χ4n) is 10.9. The molecule has 1 aromatic heterocycles. The lowest BCUT2D eigenvalue weighted by Crippen LogP contribution is -2.35. The van der Waals surface area contributed by atoms with Gasteiger partial charge in [-0.05, 0) is 85.1 Å². The van der Waals surface area contributed by atoms with Crippen LogP contribution in [0.4, 0.5) is 23.1 Å². The van der Waals surface area contributed by atoms with E-state index < -0.39 is 60.0 Å². The molecule has 3 unspecified atom stereocenters. The summed E-state index contributed by atoms with van der Waals surface area (Å²) in [5.74, 6) is 5.95. The van der Waals surface area contributed by atoms with Crippen molar-refractivity contribution in [2.75, 3.05) is 66.8 Å². The third kappa shape index (κ3) is 19.4. The van der Waals surface area contributed by atoms with Crippen LogP contribution in [0.5, 0.6) is 0 Å². The summed E-state index contributed by atoms with van der Waals surface area (Å²) in [7, 11) is -10.8. The number of phosphoric ester groups is 1. The van der Waals surface area contributed by atoms with E-state index >= 15 is 0 Å². The summed E-state index contributed by atoms with van der Waals surface area (Å²) >= 11 is 0. The Morgan fingerprint density at radius 2 is 1.64 bits per heavy atom. The number of ether oxygens (including phenoxy) is 3. The summed E-state index contributed by atoms with van der Waals surface area (Å²) in [5, 5.41) is 3.13. The van der Waals surface area contributed by atoms with Crippen LogP contribution >= 0.6 is 66.6 Å². The standard InChI is InChI=1S/C59H84N7O15P3S4/c1-13-64-44-27-25-39(2)31-42(44)58(9,10)48(64)22-16-14-17-23-49-59(11,12)43-32-40(3)26-28-45(43)65(49)29-19-15-18-24-50(67)61-36-57(7,8)88-85-37-76-30-20-21-41-34-66(53-52(41)54(68)63-55(60)62-53)51-33-46(77-38-86-87-56(4,5)6)47(79-51)35-78-83(72,73)81-84(74,75)80-82(69,70)71/h14,16-17,22-23,25-28,31-32,41,46-47,51H,13,15,18-19,24,29-30,33-38H2,1-12H3,(H7-,60,61,62,63,67,68,69,70,71,72,73,74,75)/p+1/t41?,46-,47-,51-/m1/s1. The van der Waals surface area contributed by atoms with Gasteiger partial charge in [0.2, 0.25) is 17.5 Å². The molecule has 29 heteroatoms. The zero-order valence-corrected chi connectivity index (χ0v) is 57.9. The number of nitrogen functional groups attached to an aromatic ring is 1. The number of carbonyl (C=O) groups is 1. The molecule has 0 spiro atoms. The third-order valence-electron chi connectivity index (χ3n) is 14.9. The number of fused-ring (bicyclic) bond motifs is 3. The number of carbonyl (C=O) groups excluding carboxylic acids is 1. The Morgan fingerprint density at radius 3 is 2.34 bits per heavy atom. The number of anilines is 3. The highest BCUT2D eigenvalue weighted by Gasteiger charge is 2.48. The molecule has 484 valence electrons. The molecule has 5 heterocycles. The van der Waals surface area contributed by atoms with Crippen LogP contribution < -0.4 is 26.4 Å². The number of hydrogen-bond acceptors (Lipinski definition) is 19. The van der Waals surface area contributed by atoms with Gasteiger partial charge in [-0.15, -0.1) is 0 Å². The van der Waals surface area contributed by atoms with Crippen molar-refractivity contribution in [2.45, 2.75) is 160 Å². The number of nitrogens with two attached hydrogens (primary N) is 1. The van der Waals surface area contributed by atoms with Crippen molar-refractivity contribution in [1.29, 1.82) is 0 Å². The van der Waals surface area contributed by atoms with Crippen LogP contribution in [0.25, 0.3) is 0 Å². The van der Waals surface area contributed by atoms with E-state index in [4.69, 9.17) is 34.3 Å². The Balaban J connectivity index is 0.860. The van der Waals surface area contributed by atoms with Crippen LogP contribution in [0, 0.1) is 25.7 Å². The second-order valence-corrected chi connectivity index (χ2v) is 34.9. The molecular formula is C59H85N7O15P3S4+. The summed E-state index contributed by atoms with van der Waals surface area (Å²) in [6, 6.07) is 13.5. The quantitative estimate of drug-likeness (QED) is 0.00646. The first-order valence-corrected chi connectivity index (χ1v) is 38.1. The van der Waals surface area contributed by atoms with Crippen LogP contribution in [0.3, 0.4) is 0 Å². The molecular weight excluding hydrogens is 1270 g/mol. The minimum Gasteiger partial charge on any atom is -0.369 e. The summed E-state index contributed by atoms with van der Waals surface area (Å²) in [6.45, 7) is 27.5. The number of aromatic amines is 1. The normalized spacial score (nSPS) is 21.7. The first-order valence-electron chi connectivity index (χ1n) is 29.0. The molecule has 8 N–H and O–H groups in total. The number of amides is 1. The summed E-state index contributed by atoms with van der Waals surface area (Å²) in [5.41, 5.74) is 15.7. The number of likely N-dealkylation sites (N-methyl/N-ethyl adjacent to an activating group) is 1. The SMILES string of the molecule is CCN1\C(=C/C=C/C=C/C2=[N+](CCCCCC(=O)NCC(C)(C)SSCOCC#CC3CN([C@H]4C[C@@H](OCSSC(C)(C)C)[C@@H](COP(=O)(O)OP(=O)(O)OP(=O)(O)O)O4)c4nc(N)[nH]c(=O)c43)c3ccc(C)cc3C2(C)C)C(C)(C)c2cc(C)ccc21. The smallest absolute Gasteiger partial charge is 0.369 e. The van der Waals surface area contributed by atoms with Crippen LogP contribution in [-0.2, 0) is 56.7 Å². The number of rotatable bonds is 29. The van der Waals surface area contributed by atoms with Gasteiger partial charge in [0.05, 0.1) is 29.6 Å². The molecule has 4 aliphatic heterocycles. The van der Waals surface area contributed by atoms with E-state index in [-0.39, 0.29) is 69.1 Å². The number of nitrogens with zero attached hydrogens (tertiary/aromatic N) is 4. The summed E-state index contributed by atoms with van der Waals surface area (Å²) in [4.78, 5) is 75.2. The Morgan fingerprint density at radius 1 is 0.932 bits per heavy atom. The number of nitrogens with one attached hydrogen (secondary N) is 2. The van der Waals surface area contributed by atoms with Crippen molar-refractivity contribution < 1.29 is 70.0 Å². The van der Waals surface area contributed by atoms with Gasteiger partial charge in [-0.2, -0.15) is 18.2 Å². The maximum atomic E-state index is 13.4. The number of allylic oxidation sites excluding steroid dienone is 6. The molecule has 1 saturated heterocycles. The van der Waals surface area contributed by atoms with E-state index in [0.717, 1.165) is 32.4 Å². The lowest BCUT2D eigenvalue weighted by molar-refractivity contribution is -0.438. The molecule has 88 heavy (non-hydrogen) atoms. The summed E-state index contributed by atoms with van der Waals surface area (Å²) in [6.07, 6.45) is 11.4. The largest absolute Gasteiger partial charge is 0.490 e. The minimum absolute atomic E-state index is 0.0133. The predicted molar refractivity (Wildman–Crippen MR) is 354 cm³/mol. The van der Waals surface area contributed by atoms with Crippen molar-refractivity contribution in [2.24, 2.45) is 0 Å². The highest BCUT2D eigenvalue weighted by molar-refractivity contribution is 8.77. The zero-order chi connectivity index (χ0) is 64.6. The van der Waals surface area contributed by atoms with Gasteiger partial charge in [0.1, 0.15) is 43.2 Å². The lowest BCUT2D eigenvalue weighted by Gasteiger charge is -2.26. The zero-order valence-electron chi connectivity index (χ0n) is 52.0. The second kappa shape index (κ2) is 29.9. The number of unbranched alkanes of at least 4 members (excludes halogenated alkanes) is 2. The minimum atomic E-state index is -5.77. The molecule has 3 aromatic rings. The highest BCUT2D eigenvalue weighted by atomic mass is 33.1. The molecule has 1 fully saturated rings. The first-order chi connectivity index (χ1) is 41.1. The maximum Gasteiger partial charge on any atom is 0.490 e. The Hall–Kier alpha value is -3.67. The van der Waals surface area contributed by atoms with Crippen molar-refractivity contribution >= 4 is 101 Å². The fourth-order valence-corrected chi connectivity index (χ4v) is 18.1. The second-order valence-electron chi connectivity index (χ2n) is 24.5. The average molecular weight is 1350 g/mol. The highest BCUT2D eigenvalue weighted by Crippen LogP contribution is 2.66. The van der Waals surface area contributed by atoms with Gasteiger partial charge in [-0.3, -0.25) is 19.1 Å². The summed E-state index contributed by atoms with van der Waals surface area (Å²) < 4.78 is 68.7. The van der Waals surface area contributed by atoms with E-state index in [2.05, 4.69) is 174 Å². The van der Waals surface area contributed by atoms with E-state index in [9.17, 15) is 33.1 Å². The van der Waals surface area contributed by atoms with E-state index in [1.165, 1.54) is 66.6 Å². The van der Waals surface area contributed by atoms with Crippen LogP contribution in [0.15, 0.2) is 77.3 Å². The van der Waals surface area contributed by atoms with Crippen molar-refractivity contribution in [3.05, 3.63) is 111 Å². The third-order valence-corrected chi connectivity index (χ3v) is 24.7. The number of benzene rings is 2. The Bertz CT molecular complexity index is 3430. The van der Waals surface area contributed by atoms with E-state index in [1.54, 1.807) is 26.5 Å². The van der Waals surface area contributed by atoms with Crippen molar-refractivity contribution in [3.63, 3.8) is 0 Å². The van der Waals surface area contributed by atoms with E-state index in [0.29, 0.717) is 18.9 Å². The van der Waals surface area contributed by atoms with Gasteiger partial charge in [0.25, 0.3) is 5.56 Å². The molecule has 4 aliphatic rings. The molecule has 0 aliphatic carbocycles. The van der Waals surface area contributed by atoms with Gasteiger partial charge >= 0.3 is 23.5 Å². The van der Waals surface area contributed by atoms with Gasteiger partial charge in [0, 0.05) is 82.9 Å². The topological polar surface area (TPSA) is 298 Å². The van der Waals surface area contributed by atoms with Crippen molar-refractivity contribution in [3.8, 4) is 11.8 Å². The molecule has 1 amide bonds. The molecule has 22 nitrogen and oxygen atoms in total. The van der Waals surface area contributed by atoms with Crippen molar-refractivity contribution in [1.82, 2.24) is 15.3 Å². The monoisotopic (exact) mass is 1350 g/mol. The first kappa shape index (κ1) is 71.8. The molecule has 2 aromatic carbocycles. The number of H-pyrrole nitrogens is 1.